The zero-order valence-electron chi connectivity index (χ0n) is 9.94. The van der Waals surface area contributed by atoms with Crippen LogP contribution >= 0.6 is 11.3 Å². The fourth-order valence-corrected chi connectivity index (χ4v) is 2.32. The van der Waals surface area contributed by atoms with Gasteiger partial charge in [0.05, 0.1) is 0 Å². The lowest BCUT2D eigenvalue weighted by molar-refractivity contribution is -0.274. The molecule has 2 aromatic rings. The first-order valence-corrected chi connectivity index (χ1v) is 6.24. The Balaban J connectivity index is 2.27. The highest BCUT2D eigenvalue weighted by Crippen LogP contribution is 2.31. The molecular formula is C12H11F3N2OS. The van der Waals surface area contributed by atoms with Crippen LogP contribution in [0.5, 0.6) is 5.75 Å². The predicted octanol–water partition coefficient (Wildman–Crippen LogP) is 3.73. The van der Waals surface area contributed by atoms with Gasteiger partial charge in [-0.05, 0) is 19.1 Å². The van der Waals surface area contributed by atoms with E-state index in [4.69, 9.17) is 5.73 Å². The molecule has 0 fully saturated rings. The molecule has 0 saturated heterocycles. The molecule has 0 saturated carbocycles. The highest BCUT2D eigenvalue weighted by atomic mass is 32.1. The van der Waals surface area contributed by atoms with E-state index in [-0.39, 0.29) is 11.8 Å². The van der Waals surface area contributed by atoms with Crippen molar-refractivity contribution in [3.05, 3.63) is 35.3 Å². The van der Waals surface area contributed by atoms with E-state index in [9.17, 15) is 13.2 Å². The van der Waals surface area contributed by atoms with Gasteiger partial charge in [0.15, 0.2) is 0 Å². The van der Waals surface area contributed by atoms with Crippen LogP contribution in [0.1, 0.15) is 17.8 Å². The molecule has 0 aliphatic carbocycles. The maximum atomic E-state index is 12.1. The van der Waals surface area contributed by atoms with Gasteiger partial charge >= 0.3 is 6.36 Å². The maximum absolute atomic E-state index is 12.1. The Bertz CT molecular complexity index is 566. The maximum Gasteiger partial charge on any atom is 0.573 e. The summed E-state index contributed by atoms with van der Waals surface area (Å²) in [5, 5.41) is 0.611. The number of aromatic nitrogens is 1. The van der Waals surface area contributed by atoms with Crippen molar-refractivity contribution in [2.45, 2.75) is 19.3 Å². The van der Waals surface area contributed by atoms with Crippen LogP contribution in [-0.2, 0) is 0 Å². The molecule has 1 heterocycles. The smallest absolute Gasteiger partial charge is 0.406 e. The number of benzene rings is 1. The van der Waals surface area contributed by atoms with Crippen molar-refractivity contribution < 1.29 is 17.9 Å². The van der Waals surface area contributed by atoms with Gasteiger partial charge in [-0.25, -0.2) is 4.98 Å². The van der Waals surface area contributed by atoms with Gasteiger partial charge in [0.25, 0.3) is 0 Å². The minimum absolute atomic E-state index is 0.152. The molecule has 0 bridgehead atoms. The average molecular weight is 288 g/mol. The SMILES string of the molecule is CC(N)c1cnc(-c2cccc(OC(F)(F)F)c2)s1. The van der Waals surface area contributed by atoms with E-state index in [1.807, 2.05) is 6.92 Å². The number of ether oxygens (including phenoxy) is 1. The van der Waals surface area contributed by atoms with Crippen molar-refractivity contribution in [1.29, 1.82) is 0 Å². The summed E-state index contributed by atoms with van der Waals surface area (Å²) in [5.41, 5.74) is 6.28. The summed E-state index contributed by atoms with van der Waals surface area (Å²) in [4.78, 5) is 5.02. The van der Waals surface area contributed by atoms with Gasteiger partial charge < -0.3 is 10.5 Å². The van der Waals surface area contributed by atoms with Gasteiger partial charge in [-0.2, -0.15) is 0 Å². The Morgan fingerprint density at radius 2 is 2.11 bits per heavy atom. The van der Waals surface area contributed by atoms with Gasteiger partial charge in [-0.15, -0.1) is 24.5 Å². The van der Waals surface area contributed by atoms with Crippen molar-refractivity contribution in [3.8, 4) is 16.3 Å². The second kappa shape index (κ2) is 5.18. The van der Waals surface area contributed by atoms with Crippen LogP contribution in [0.2, 0.25) is 0 Å². The minimum Gasteiger partial charge on any atom is -0.406 e. The summed E-state index contributed by atoms with van der Waals surface area (Å²) in [5.74, 6) is -0.262. The lowest BCUT2D eigenvalue weighted by atomic mass is 10.2. The normalized spacial score (nSPS) is 13.3. The number of hydrogen-bond donors (Lipinski definition) is 1. The van der Waals surface area contributed by atoms with Crippen LogP contribution in [0.3, 0.4) is 0 Å². The van der Waals surface area contributed by atoms with E-state index >= 15 is 0 Å². The van der Waals surface area contributed by atoms with Gasteiger partial charge in [-0.1, -0.05) is 12.1 Å². The lowest BCUT2D eigenvalue weighted by Gasteiger charge is -2.09. The number of nitrogens with zero attached hydrogens (tertiary/aromatic N) is 1. The second-order valence-corrected chi connectivity index (χ2v) is 4.99. The van der Waals surface area contributed by atoms with Crippen molar-refractivity contribution in [2.24, 2.45) is 5.73 Å². The predicted molar refractivity (Wildman–Crippen MR) is 66.8 cm³/mol. The van der Waals surface area contributed by atoms with E-state index in [0.717, 1.165) is 4.88 Å². The number of alkyl halides is 3. The molecule has 2 N–H and O–H groups in total. The Labute approximate surface area is 111 Å². The first-order chi connectivity index (χ1) is 8.85. The van der Waals surface area contributed by atoms with E-state index in [2.05, 4.69) is 9.72 Å². The third-order valence-electron chi connectivity index (χ3n) is 2.29. The molecular weight excluding hydrogens is 277 g/mol. The molecule has 1 aromatic heterocycles. The van der Waals surface area contributed by atoms with E-state index in [0.29, 0.717) is 10.6 Å². The summed E-state index contributed by atoms with van der Waals surface area (Å²) in [6.07, 6.45) is -3.07. The molecule has 0 aliphatic heterocycles. The molecule has 1 atom stereocenters. The Kier molecular flexibility index (Phi) is 3.77. The molecule has 1 unspecified atom stereocenters. The molecule has 3 nitrogen and oxygen atoms in total. The van der Waals surface area contributed by atoms with Crippen LogP contribution in [0.25, 0.3) is 10.6 Å². The molecule has 2 rings (SSSR count). The minimum atomic E-state index is -4.70. The highest BCUT2D eigenvalue weighted by Gasteiger charge is 2.31. The molecule has 0 spiro atoms. The number of thiazole rings is 1. The standard InChI is InChI=1S/C12H11F3N2OS/c1-7(16)10-6-17-11(19-10)8-3-2-4-9(5-8)18-12(13,14)15/h2-7H,16H2,1H3. The van der Waals surface area contributed by atoms with Gasteiger partial charge in [0.1, 0.15) is 10.8 Å². The van der Waals surface area contributed by atoms with Crippen molar-refractivity contribution in [3.63, 3.8) is 0 Å². The van der Waals surface area contributed by atoms with E-state index < -0.39 is 6.36 Å². The summed E-state index contributed by atoms with van der Waals surface area (Å²) < 4.78 is 40.3. The van der Waals surface area contributed by atoms with Crippen LogP contribution < -0.4 is 10.5 Å². The molecule has 0 radical (unpaired) electrons. The van der Waals surface area contributed by atoms with Crippen LogP contribution in [0.4, 0.5) is 13.2 Å². The number of rotatable bonds is 3. The van der Waals surface area contributed by atoms with Crippen LogP contribution in [0, 0.1) is 0 Å². The topological polar surface area (TPSA) is 48.1 Å². The average Bonchev–Trinajstić information content (AvgIpc) is 2.76. The zero-order valence-corrected chi connectivity index (χ0v) is 10.8. The highest BCUT2D eigenvalue weighted by molar-refractivity contribution is 7.15. The monoisotopic (exact) mass is 288 g/mol. The second-order valence-electron chi connectivity index (χ2n) is 3.93. The fourth-order valence-electron chi connectivity index (χ4n) is 1.46. The molecule has 0 aliphatic rings. The fraction of sp³-hybridized carbons (Fsp3) is 0.250. The summed E-state index contributed by atoms with van der Waals surface area (Å²) in [6, 6.07) is 5.56. The Hall–Kier alpha value is -1.60. The lowest BCUT2D eigenvalue weighted by Crippen LogP contribution is -2.17. The molecule has 7 heteroatoms. The zero-order chi connectivity index (χ0) is 14.0. The number of hydrogen-bond acceptors (Lipinski definition) is 4. The molecule has 1 aromatic carbocycles. The Morgan fingerprint density at radius 1 is 1.37 bits per heavy atom. The van der Waals surface area contributed by atoms with Gasteiger partial charge in [0, 0.05) is 22.7 Å². The summed E-state index contributed by atoms with van der Waals surface area (Å²) >= 11 is 1.35. The largest absolute Gasteiger partial charge is 0.573 e. The Morgan fingerprint density at radius 3 is 2.68 bits per heavy atom. The third-order valence-corrected chi connectivity index (χ3v) is 3.53. The first kappa shape index (κ1) is 13.8. The van der Waals surface area contributed by atoms with Gasteiger partial charge in [0.2, 0.25) is 0 Å². The van der Waals surface area contributed by atoms with E-state index in [1.54, 1.807) is 12.3 Å². The van der Waals surface area contributed by atoms with Crippen molar-refractivity contribution in [2.75, 3.05) is 0 Å². The van der Waals surface area contributed by atoms with Crippen LogP contribution in [0.15, 0.2) is 30.5 Å². The molecule has 0 amide bonds. The van der Waals surface area contributed by atoms with E-state index in [1.165, 1.54) is 29.5 Å². The third kappa shape index (κ3) is 3.68. The van der Waals surface area contributed by atoms with Crippen molar-refractivity contribution >= 4 is 11.3 Å². The first-order valence-electron chi connectivity index (χ1n) is 5.42. The number of nitrogens with two attached hydrogens (primary N) is 1. The summed E-state index contributed by atoms with van der Waals surface area (Å²) in [7, 11) is 0. The van der Waals surface area contributed by atoms with Crippen molar-refractivity contribution in [1.82, 2.24) is 4.98 Å². The van der Waals surface area contributed by atoms with Gasteiger partial charge in [-0.3, -0.25) is 0 Å². The van der Waals surface area contributed by atoms with Crippen LogP contribution in [-0.4, -0.2) is 11.3 Å². The molecule has 19 heavy (non-hydrogen) atoms. The summed E-state index contributed by atoms with van der Waals surface area (Å²) in [6.45, 7) is 1.82. The number of halogens is 3. The molecule has 102 valence electrons. The quantitative estimate of drug-likeness (QED) is 0.936.